The zero-order valence-corrected chi connectivity index (χ0v) is 16.3. The van der Waals surface area contributed by atoms with E-state index in [0.717, 1.165) is 4.90 Å². The average Bonchev–Trinajstić information content (AvgIpc) is 3.09. The Labute approximate surface area is 156 Å². The molecule has 3 aromatic rings. The van der Waals surface area contributed by atoms with Crippen LogP contribution in [0.25, 0.3) is 11.0 Å². The molecule has 0 aliphatic carbocycles. The predicted molar refractivity (Wildman–Crippen MR) is 105 cm³/mol. The minimum atomic E-state index is 0.528. The Morgan fingerprint density at radius 1 is 1.00 bits per heavy atom. The molecule has 0 fully saturated rings. The van der Waals surface area contributed by atoms with Gasteiger partial charge in [-0.05, 0) is 24.1 Å². The summed E-state index contributed by atoms with van der Waals surface area (Å²) in [6, 6.07) is 8.99. The molecular formula is C18H23N3O4S. The van der Waals surface area contributed by atoms with Crippen molar-refractivity contribution in [2.75, 3.05) is 31.8 Å². The number of nitrogens with zero attached hydrogens (tertiary/aromatic N) is 1. The van der Waals surface area contributed by atoms with Gasteiger partial charge in [-0.15, -0.1) is 0 Å². The molecule has 1 heterocycles. The lowest BCUT2D eigenvalue weighted by Crippen LogP contribution is -1.95. The number of aromatic nitrogens is 1. The van der Waals surface area contributed by atoms with Crippen molar-refractivity contribution in [1.82, 2.24) is 5.16 Å². The van der Waals surface area contributed by atoms with Gasteiger partial charge < -0.3 is 29.2 Å². The van der Waals surface area contributed by atoms with Crippen molar-refractivity contribution in [3.8, 4) is 17.2 Å². The minimum absolute atomic E-state index is 0.528. The molecule has 7 nitrogen and oxygen atoms in total. The van der Waals surface area contributed by atoms with E-state index in [9.17, 15) is 0 Å². The summed E-state index contributed by atoms with van der Waals surface area (Å²) in [4.78, 5) is 0.799. The van der Waals surface area contributed by atoms with Gasteiger partial charge in [-0.3, -0.25) is 0 Å². The third kappa shape index (κ3) is 3.91. The molecule has 8 heteroatoms. The van der Waals surface area contributed by atoms with Gasteiger partial charge in [-0.25, -0.2) is 0 Å². The molecule has 0 aliphatic rings. The van der Waals surface area contributed by atoms with E-state index >= 15 is 0 Å². The summed E-state index contributed by atoms with van der Waals surface area (Å²) in [5.41, 5.74) is 6.91. The van der Waals surface area contributed by atoms with Crippen LogP contribution in [0, 0.1) is 0 Å². The number of nitrogens with one attached hydrogen (secondary N) is 1. The number of hydrogen-bond acceptors (Lipinski definition) is 8. The van der Waals surface area contributed by atoms with Crippen LogP contribution in [0.1, 0.15) is 13.8 Å². The molecule has 0 saturated heterocycles. The summed E-state index contributed by atoms with van der Waals surface area (Å²) < 4.78 is 24.6. The highest BCUT2D eigenvalue weighted by molar-refractivity contribution is 8.00. The Morgan fingerprint density at radius 2 is 1.62 bits per heavy atom. The fourth-order valence-corrected chi connectivity index (χ4v) is 3.15. The van der Waals surface area contributed by atoms with Gasteiger partial charge in [0.1, 0.15) is 27.5 Å². The Balaban J connectivity index is 0.00000117. The van der Waals surface area contributed by atoms with Crippen LogP contribution >= 0.6 is 11.9 Å². The van der Waals surface area contributed by atoms with Crippen molar-refractivity contribution in [3.63, 3.8) is 0 Å². The number of nitrogen functional groups attached to an aromatic ring is 1. The maximum atomic E-state index is 5.82. The zero-order valence-electron chi connectivity index (χ0n) is 15.5. The molecule has 3 rings (SSSR count). The molecule has 3 N–H and O–H groups in total. The van der Waals surface area contributed by atoms with Gasteiger partial charge in [-0.1, -0.05) is 25.1 Å². The maximum Gasteiger partial charge on any atom is 0.191 e. The number of anilines is 2. The molecule has 0 bridgehead atoms. The van der Waals surface area contributed by atoms with Gasteiger partial charge in [0.25, 0.3) is 0 Å². The number of ether oxygens (including phenoxy) is 3. The lowest BCUT2D eigenvalue weighted by Gasteiger charge is -2.12. The molecule has 0 atom stereocenters. The van der Waals surface area contributed by atoms with E-state index in [1.807, 2.05) is 32.0 Å². The first-order valence-electron chi connectivity index (χ1n) is 8.04. The van der Waals surface area contributed by atoms with Crippen LogP contribution in [0.2, 0.25) is 0 Å². The third-order valence-corrected chi connectivity index (χ3v) is 4.31. The summed E-state index contributed by atoms with van der Waals surface area (Å²) >= 11 is 1.31. The first-order valence-corrected chi connectivity index (χ1v) is 8.86. The van der Waals surface area contributed by atoms with Gasteiger partial charge in [0, 0.05) is 17.8 Å². The van der Waals surface area contributed by atoms with Gasteiger partial charge in [-0.2, -0.15) is 0 Å². The lowest BCUT2D eigenvalue weighted by molar-refractivity contribution is 0.376. The fraction of sp³-hybridized carbons (Fsp3) is 0.278. The second kappa shape index (κ2) is 9.10. The summed E-state index contributed by atoms with van der Waals surface area (Å²) in [7, 11) is 4.79. The van der Waals surface area contributed by atoms with Crippen molar-refractivity contribution >= 4 is 34.4 Å². The second-order valence-corrected chi connectivity index (χ2v) is 5.64. The van der Waals surface area contributed by atoms with Gasteiger partial charge in [0.05, 0.1) is 21.3 Å². The van der Waals surface area contributed by atoms with Crippen molar-refractivity contribution in [2.45, 2.75) is 18.7 Å². The summed E-state index contributed by atoms with van der Waals surface area (Å²) in [5, 5.41) is 4.76. The van der Waals surface area contributed by atoms with Gasteiger partial charge >= 0.3 is 0 Å². The molecule has 26 heavy (non-hydrogen) atoms. The number of nitrogens with two attached hydrogens (primary N) is 1. The normalized spacial score (nSPS) is 10.0. The largest absolute Gasteiger partial charge is 0.496 e. The van der Waals surface area contributed by atoms with E-state index in [1.54, 1.807) is 33.5 Å². The van der Waals surface area contributed by atoms with Crippen LogP contribution in [0.15, 0.2) is 39.8 Å². The molecule has 2 aromatic carbocycles. The highest BCUT2D eigenvalue weighted by Gasteiger charge is 2.17. The van der Waals surface area contributed by atoms with Gasteiger partial charge in [0.2, 0.25) is 0 Å². The Bertz CT molecular complexity index is 845. The van der Waals surface area contributed by atoms with Gasteiger partial charge in [0.15, 0.2) is 11.4 Å². The number of fused-ring (bicyclic) bond motifs is 1. The third-order valence-electron chi connectivity index (χ3n) is 3.41. The summed E-state index contributed by atoms with van der Waals surface area (Å²) in [6.07, 6.45) is 0. The molecule has 0 unspecified atom stereocenters. The van der Waals surface area contributed by atoms with Crippen molar-refractivity contribution in [1.29, 1.82) is 0 Å². The van der Waals surface area contributed by atoms with Crippen LogP contribution < -0.4 is 24.7 Å². The number of methoxy groups -OCH3 is 3. The van der Waals surface area contributed by atoms with Crippen molar-refractivity contribution in [3.05, 3.63) is 30.3 Å². The maximum absolute atomic E-state index is 5.82. The molecule has 1 aromatic heterocycles. The molecule has 0 spiro atoms. The second-order valence-electron chi connectivity index (χ2n) is 4.82. The van der Waals surface area contributed by atoms with E-state index in [-0.39, 0.29) is 0 Å². The summed E-state index contributed by atoms with van der Waals surface area (Å²) in [6.45, 7) is 4.00. The van der Waals surface area contributed by atoms with Crippen LogP contribution in [-0.2, 0) is 0 Å². The fourth-order valence-electron chi connectivity index (χ4n) is 2.30. The number of rotatable bonds is 6. The van der Waals surface area contributed by atoms with Crippen molar-refractivity contribution < 1.29 is 18.7 Å². The molecule has 0 aliphatic heterocycles. The van der Waals surface area contributed by atoms with Crippen LogP contribution in [0.5, 0.6) is 17.2 Å². The first-order chi connectivity index (χ1) is 12.7. The minimum Gasteiger partial charge on any atom is -0.496 e. The monoisotopic (exact) mass is 377 g/mol. The number of hydrogen-bond donors (Lipinski definition) is 2. The first kappa shape index (κ1) is 19.6. The quantitative estimate of drug-likeness (QED) is 0.476. The van der Waals surface area contributed by atoms with Crippen molar-refractivity contribution in [2.24, 2.45) is 0 Å². The SMILES string of the molecule is CC.COc1cccc(OC)c1SNc1noc2cc(N)cc(OC)c12. The standard InChI is InChI=1S/C16H17N3O4S.C2H6/c1-20-10-5-4-6-11(21-2)15(10)24-19-16-14-12(22-3)7-9(17)8-13(14)23-18-16;1-2/h4-8H,17H2,1-3H3,(H,18,19);1-2H3. The topological polar surface area (TPSA) is 91.8 Å². The predicted octanol–water partition coefficient (Wildman–Crippen LogP) is 4.58. The van der Waals surface area contributed by atoms with Crippen LogP contribution in [0.4, 0.5) is 11.5 Å². The molecule has 0 radical (unpaired) electrons. The smallest absolute Gasteiger partial charge is 0.191 e. The van der Waals surface area contributed by atoms with Crippen LogP contribution in [-0.4, -0.2) is 26.5 Å². The molecule has 140 valence electrons. The number of benzene rings is 2. The Hall–Kier alpha value is -2.74. The van der Waals surface area contributed by atoms with E-state index in [4.69, 9.17) is 24.5 Å². The van der Waals surface area contributed by atoms with E-state index in [2.05, 4.69) is 9.88 Å². The summed E-state index contributed by atoms with van der Waals surface area (Å²) in [5.74, 6) is 2.49. The highest BCUT2D eigenvalue weighted by atomic mass is 32.2. The zero-order chi connectivity index (χ0) is 19.1. The average molecular weight is 377 g/mol. The molecular weight excluding hydrogens is 354 g/mol. The Morgan fingerprint density at radius 3 is 2.19 bits per heavy atom. The molecule has 0 amide bonds. The van der Waals surface area contributed by atoms with E-state index in [1.165, 1.54) is 11.9 Å². The lowest BCUT2D eigenvalue weighted by atomic mass is 10.2. The molecule has 0 saturated carbocycles. The van der Waals surface area contributed by atoms with E-state index < -0.39 is 0 Å². The Kier molecular flexibility index (Phi) is 6.85. The highest BCUT2D eigenvalue weighted by Crippen LogP contribution is 2.40. The van der Waals surface area contributed by atoms with E-state index in [0.29, 0.717) is 39.7 Å². The van der Waals surface area contributed by atoms with Crippen LogP contribution in [0.3, 0.4) is 0 Å².